The van der Waals surface area contributed by atoms with Gasteiger partial charge in [-0.25, -0.2) is 0 Å². The molecule has 21 heavy (non-hydrogen) atoms. The molecule has 1 atom stereocenters. The fourth-order valence-corrected chi connectivity index (χ4v) is 3.12. The van der Waals surface area contributed by atoms with E-state index < -0.39 is 0 Å². The first-order valence-electron chi connectivity index (χ1n) is 6.74. The third-order valence-corrected chi connectivity index (χ3v) is 4.40. The lowest BCUT2D eigenvalue weighted by Gasteiger charge is -2.20. The number of nitrogens with zero attached hydrogens (tertiary/aromatic N) is 2. The van der Waals surface area contributed by atoms with Gasteiger partial charge < -0.3 is 10.6 Å². The molecule has 1 aliphatic rings. The molecule has 1 amide bonds. The second kappa shape index (κ2) is 5.73. The minimum absolute atomic E-state index is 0.0440. The molecule has 1 aliphatic heterocycles. The van der Waals surface area contributed by atoms with Gasteiger partial charge in [-0.15, -0.1) is 11.8 Å². The van der Waals surface area contributed by atoms with Crippen molar-refractivity contribution in [3.05, 3.63) is 42.0 Å². The molecule has 0 aliphatic carbocycles. The van der Waals surface area contributed by atoms with Crippen LogP contribution in [-0.4, -0.2) is 21.6 Å². The van der Waals surface area contributed by atoms with E-state index >= 15 is 0 Å². The van der Waals surface area contributed by atoms with Gasteiger partial charge in [0.1, 0.15) is 0 Å². The quantitative estimate of drug-likeness (QED) is 0.912. The molecule has 1 aromatic heterocycles. The Kier molecular flexibility index (Phi) is 3.79. The zero-order valence-electron chi connectivity index (χ0n) is 11.9. The maximum absolute atomic E-state index is 11.5. The van der Waals surface area contributed by atoms with Crippen LogP contribution < -0.4 is 10.6 Å². The first-order chi connectivity index (χ1) is 10.1. The van der Waals surface area contributed by atoms with E-state index in [-0.39, 0.29) is 11.9 Å². The Morgan fingerprint density at radius 1 is 1.33 bits per heavy atom. The molecule has 1 unspecified atom stereocenters. The standard InChI is InChI=1S/C15H16N4OS/c1-9-15(17-6-5-16-9)10(2)18-11-3-4-13-12(7-11)19-14(20)8-21-13/h3-7,10,18H,8H2,1-2H3,(H,19,20). The van der Waals surface area contributed by atoms with Gasteiger partial charge in [0.05, 0.1) is 28.9 Å². The van der Waals surface area contributed by atoms with Gasteiger partial charge in [-0.1, -0.05) is 0 Å². The van der Waals surface area contributed by atoms with Crippen molar-refractivity contribution < 1.29 is 4.79 Å². The lowest BCUT2D eigenvalue weighted by atomic mass is 10.1. The van der Waals surface area contributed by atoms with E-state index in [1.165, 1.54) is 0 Å². The van der Waals surface area contributed by atoms with Gasteiger partial charge >= 0.3 is 0 Å². The van der Waals surface area contributed by atoms with Crippen LogP contribution >= 0.6 is 11.8 Å². The highest BCUT2D eigenvalue weighted by atomic mass is 32.2. The summed E-state index contributed by atoms with van der Waals surface area (Å²) in [6.45, 7) is 3.99. The Hall–Kier alpha value is -2.08. The molecule has 3 rings (SSSR count). The summed E-state index contributed by atoms with van der Waals surface area (Å²) in [6.07, 6.45) is 3.39. The van der Waals surface area contributed by atoms with E-state index in [0.29, 0.717) is 5.75 Å². The molecule has 6 heteroatoms. The normalized spacial score (nSPS) is 15.0. The number of carbonyl (C=O) groups is 1. The number of thioether (sulfide) groups is 1. The number of rotatable bonds is 3. The van der Waals surface area contributed by atoms with Gasteiger partial charge in [-0.2, -0.15) is 0 Å². The predicted molar refractivity (Wildman–Crippen MR) is 84.6 cm³/mol. The van der Waals surface area contributed by atoms with Gasteiger partial charge in [0.2, 0.25) is 5.91 Å². The molecule has 0 radical (unpaired) electrons. The number of benzene rings is 1. The SMILES string of the molecule is Cc1nccnc1C(C)Nc1ccc2c(c1)NC(=O)CS2. The molecule has 0 saturated carbocycles. The van der Waals surface area contributed by atoms with Gasteiger partial charge in [0.15, 0.2) is 0 Å². The molecule has 0 spiro atoms. The van der Waals surface area contributed by atoms with Gasteiger partial charge in [-0.05, 0) is 32.0 Å². The van der Waals surface area contributed by atoms with Crippen molar-refractivity contribution in [3.8, 4) is 0 Å². The first-order valence-corrected chi connectivity index (χ1v) is 7.73. The molecule has 2 heterocycles. The minimum atomic E-state index is 0.0440. The van der Waals surface area contributed by atoms with E-state index in [2.05, 4.69) is 20.6 Å². The van der Waals surface area contributed by atoms with E-state index in [9.17, 15) is 4.79 Å². The highest BCUT2D eigenvalue weighted by Crippen LogP contribution is 2.34. The average Bonchev–Trinajstić information content (AvgIpc) is 2.47. The summed E-state index contributed by atoms with van der Waals surface area (Å²) in [5.74, 6) is 0.525. The largest absolute Gasteiger partial charge is 0.377 e. The fourth-order valence-electron chi connectivity index (χ4n) is 2.33. The number of nitrogens with one attached hydrogen (secondary N) is 2. The number of anilines is 2. The average molecular weight is 300 g/mol. The molecule has 2 N–H and O–H groups in total. The first kappa shape index (κ1) is 13.9. The van der Waals surface area contributed by atoms with Crippen molar-refractivity contribution in [3.63, 3.8) is 0 Å². The number of hydrogen-bond donors (Lipinski definition) is 2. The van der Waals surface area contributed by atoms with E-state index in [1.807, 2.05) is 32.0 Å². The Labute approximate surface area is 127 Å². The molecule has 0 bridgehead atoms. The van der Waals surface area contributed by atoms with Crippen molar-refractivity contribution in [1.29, 1.82) is 0 Å². The van der Waals surface area contributed by atoms with Crippen molar-refractivity contribution in [1.82, 2.24) is 9.97 Å². The van der Waals surface area contributed by atoms with Crippen LogP contribution in [0.1, 0.15) is 24.4 Å². The van der Waals surface area contributed by atoms with Crippen LogP contribution in [0.15, 0.2) is 35.5 Å². The Bertz CT molecular complexity index is 689. The second-order valence-corrected chi connectivity index (χ2v) is 5.96. The van der Waals surface area contributed by atoms with Crippen LogP contribution in [0.4, 0.5) is 11.4 Å². The van der Waals surface area contributed by atoms with Crippen molar-refractivity contribution >= 4 is 29.0 Å². The van der Waals surface area contributed by atoms with Crippen molar-refractivity contribution in [2.45, 2.75) is 24.8 Å². The van der Waals surface area contributed by atoms with Crippen LogP contribution in [0.2, 0.25) is 0 Å². The predicted octanol–water partition coefficient (Wildman–Crippen LogP) is 3.00. The highest BCUT2D eigenvalue weighted by Gasteiger charge is 2.16. The number of amides is 1. The van der Waals surface area contributed by atoms with Crippen LogP contribution in [0, 0.1) is 6.92 Å². The Morgan fingerprint density at radius 3 is 2.95 bits per heavy atom. The summed E-state index contributed by atoms with van der Waals surface area (Å²) in [6, 6.07) is 6.05. The van der Waals surface area contributed by atoms with E-state index in [4.69, 9.17) is 0 Å². The van der Waals surface area contributed by atoms with Crippen molar-refractivity contribution in [2.24, 2.45) is 0 Å². The summed E-state index contributed by atoms with van der Waals surface area (Å²) in [5.41, 5.74) is 3.66. The number of carbonyl (C=O) groups excluding carboxylic acids is 1. The lowest BCUT2D eigenvalue weighted by Crippen LogP contribution is -2.19. The summed E-state index contributed by atoms with van der Waals surface area (Å²) in [4.78, 5) is 21.2. The van der Waals surface area contributed by atoms with Gasteiger partial charge in [0.25, 0.3) is 0 Å². The smallest absolute Gasteiger partial charge is 0.234 e. The second-order valence-electron chi connectivity index (χ2n) is 4.94. The zero-order chi connectivity index (χ0) is 14.8. The fraction of sp³-hybridized carbons (Fsp3) is 0.267. The van der Waals surface area contributed by atoms with Crippen LogP contribution in [-0.2, 0) is 4.79 Å². The molecule has 0 saturated heterocycles. The summed E-state index contributed by atoms with van der Waals surface area (Å²) < 4.78 is 0. The number of aryl methyl sites for hydroxylation is 1. The highest BCUT2D eigenvalue weighted by molar-refractivity contribution is 8.00. The number of hydrogen-bond acceptors (Lipinski definition) is 5. The maximum atomic E-state index is 11.5. The van der Waals surface area contributed by atoms with Crippen LogP contribution in [0.25, 0.3) is 0 Å². The van der Waals surface area contributed by atoms with Crippen LogP contribution in [0.5, 0.6) is 0 Å². The molecule has 2 aromatic rings. The molecule has 1 aromatic carbocycles. The topological polar surface area (TPSA) is 66.9 Å². The summed E-state index contributed by atoms with van der Waals surface area (Å²) in [7, 11) is 0. The molecule has 108 valence electrons. The van der Waals surface area contributed by atoms with E-state index in [0.717, 1.165) is 27.7 Å². The minimum Gasteiger partial charge on any atom is -0.377 e. The third-order valence-electron chi connectivity index (χ3n) is 3.32. The Morgan fingerprint density at radius 2 is 2.14 bits per heavy atom. The number of aromatic nitrogens is 2. The maximum Gasteiger partial charge on any atom is 0.234 e. The van der Waals surface area contributed by atoms with Gasteiger partial charge in [0, 0.05) is 23.0 Å². The molecule has 5 nitrogen and oxygen atoms in total. The van der Waals surface area contributed by atoms with Crippen molar-refractivity contribution in [2.75, 3.05) is 16.4 Å². The molecular weight excluding hydrogens is 284 g/mol. The summed E-state index contributed by atoms with van der Waals surface area (Å²) >= 11 is 1.56. The van der Waals surface area contributed by atoms with Gasteiger partial charge in [-0.3, -0.25) is 14.8 Å². The summed E-state index contributed by atoms with van der Waals surface area (Å²) in [5, 5.41) is 6.30. The molecule has 0 fully saturated rings. The lowest BCUT2D eigenvalue weighted by molar-refractivity contribution is -0.113. The van der Waals surface area contributed by atoms with Crippen LogP contribution in [0.3, 0.4) is 0 Å². The molecular formula is C15H16N4OS. The third kappa shape index (κ3) is 3.00. The monoisotopic (exact) mass is 300 g/mol. The van der Waals surface area contributed by atoms with E-state index in [1.54, 1.807) is 24.2 Å². The zero-order valence-corrected chi connectivity index (χ0v) is 12.7. The number of fused-ring (bicyclic) bond motifs is 1. The Balaban J connectivity index is 1.81.